The van der Waals surface area contributed by atoms with Gasteiger partial charge in [0.15, 0.2) is 0 Å². The number of ether oxygens (including phenoxy) is 1. The molecule has 2 aliphatic rings. The normalized spacial score (nSPS) is 23.4. The fourth-order valence-corrected chi connectivity index (χ4v) is 4.45. The van der Waals surface area contributed by atoms with E-state index in [1.807, 2.05) is 6.07 Å². The van der Waals surface area contributed by atoms with Crippen LogP contribution in [-0.4, -0.2) is 31.1 Å². The summed E-state index contributed by atoms with van der Waals surface area (Å²) in [6, 6.07) is 6.19. The van der Waals surface area contributed by atoms with Crippen molar-refractivity contribution in [2.24, 2.45) is 0 Å². The minimum absolute atomic E-state index is 0.0375. The van der Waals surface area contributed by atoms with Crippen LogP contribution in [-0.2, 0) is 0 Å². The van der Waals surface area contributed by atoms with Crippen molar-refractivity contribution in [2.45, 2.75) is 62.9 Å². The lowest BCUT2D eigenvalue weighted by molar-refractivity contribution is 0.0473. The van der Waals surface area contributed by atoms with Crippen LogP contribution in [0.4, 0.5) is 0 Å². The van der Waals surface area contributed by atoms with E-state index in [-0.39, 0.29) is 5.60 Å². The summed E-state index contributed by atoms with van der Waals surface area (Å²) in [5.41, 5.74) is 1.39. The molecule has 0 saturated heterocycles. The molecule has 3 heteroatoms. The maximum Gasteiger partial charge on any atom is 0.123 e. The second-order valence-corrected chi connectivity index (χ2v) is 7.70. The molecular weight excluding hydrogens is 294 g/mol. The van der Waals surface area contributed by atoms with E-state index in [9.17, 15) is 0 Å². The molecule has 0 amide bonds. The van der Waals surface area contributed by atoms with E-state index in [4.69, 9.17) is 16.3 Å². The zero-order valence-electron chi connectivity index (χ0n) is 13.9. The van der Waals surface area contributed by atoms with Gasteiger partial charge >= 0.3 is 0 Å². The average molecular weight is 322 g/mol. The van der Waals surface area contributed by atoms with E-state index < -0.39 is 0 Å². The Labute approximate surface area is 139 Å². The molecule has 0 radical (unpaired) electrons. The van der Waals surface area contributed by atoms with Gasteiger partial charge in [-0.1, -0.05) is 24.4 Å². The van der Waals surface area contributed by atoms with Gasteiger partial charge in [0.1, 0.15) is 11.4 Å². The summed E-state index contributed by atoms with van der Waals surface area (Å²) in [6.45, 7) is 1.14. The molecule has 122 valence electrons. The van der Waals surface area contributed by atoms with Gasteiger partial charge in [0.05, 0.1) is 0 Å². The summed E-state index contributed by atoms with van der Waals surface area (Å²) >= 11 is 6.27. The highest BCUT2D eigenvalue weighted by Crippen LogP contribution is 2.53. The minimum Gasteiger partial charge on any atom is -0.486 e. The van der Waals surface area contributed by atoms with Gasteiger partial charge in [-0.2, -0.15) is 0 Å². The van der Waals surface area contributed by atoms with E-state index in [1.165, 1.54) is 56.9 Å². The molecule has 1 fully saturated rings. The lowest BCUT2D eigenvalue weighted by Gasteiger charge is -2.34. The monoisotopic (exact) mass is 321 g/mol. The number of nitrogens with zero attached hydrogens (tertiary/aromatic N) is 1. The van der Waals surface area contributed by atoms with Crippen LogP contribution in [0.2, 0.25) is 5.02 Å². The molecule has 1 aliphatic heterocycles. The van der Waals surface area contributed by atoms with Crippen LogP contribution in [0.1, 0.15) is 62.8 Å². The largest absolute Gasteiger partial charge is 0.486 e. The molecule has 1 aliphatic carbocycles. The molecule has 1 heterocycles. The predicted octanol–water partition coefficient (Wildman–Crippen LogP) is 5.25. The van der Waals surface area contributed by atoms with Gasteiger partial charge in [0, 0.05) is 16.5 Å². The van der Waals surface area contributed by atoms with Crippen LogP contribution < -0.4 is 4.74 Å². The van der Waals surface area contributed by atoms with Gasteiger partial charge in [-0.15, -0.1) is 0 Å². The molecule has 0 N–H and O–H groups in total. The van der Waals surface area contributed by atoms with Crippen molar-refractivity contribution in [3.63, 3.8) is 0 Å². The van der Waals surface area contributed by atoms with Crippen LogP contribution in [0.5, 0.6) is 5.75 Å². The fourth-order valence-electron chi connectivity index (χ4n) is 4.27. The molecule has 1 spiro atoms. The zero-order valence-corrected chi connectivity index (χ0v) is 14.7. The van der Waals surface area contributed by atoms with Gasteiger partial charge < -0.3 is 9.64 Å². The first kappa shape index (κ1) is 16.1. The lowest BCUT2D eigenvalue weighted by atomic mass is 9.76. The Balaban J connectivity index is 1.85. The summed E-state index contributed by atoms with van der Waals surface area (Å²) in [5, 5.41) is 0.839. The molecule has 1 saturated carbocycles. The third kappa shape index (κ3) is 3.28. The first-order valence-corrected chi connectivity index (χ1v) is 9.12. The van der Waals surface area contributed by atoms with Crippen LogP contribution in [0.3, 0.4) is 0 Å². The molecule has 1 aromatic carbocycles. The number of rotatable bonds is 4. The summed E-state index contributed by atoms with van der Waals surface area (Å²) in [5.74, 6) is 1.60. The molecule has 3 rings (SSSR count). The SMILES string of the molecule is CN(C)CCCC1c2cc(Cl)ccc2OC12CCCCCC2. The maximum absolute atomic E-state index is 6.57. The average Bonchev–Trinajstić information content (AvgIpc) is 2.62. The zero-order chi connectivity index (χ0) is 15.6. The minimum atomic E-state index is 0.0375. The van der Waals surface area contributed by atoms with E-state index in [1.54, 1.807) is 0 Å². The van der Waals surface area contributed by atoms with Gasteiger partial charge in [-0.25, -0.2) is 0 Å². The second-order valence-electron chi connectivity index (χ2n) is 7.26. The summed E-state index contributed by atoms with van der Waals surface area (Å²) < 4.78 is 6.57. The van der Waals surface area contributed by atoms with Gasteiger partial charge in [0.2, 0.25) is 0 Å². The Kier molecular flexibility index (Phi) is 4.99. The van der Waals surface area contributed by atoms with Crippen molar-refractivity contribution in [3.05, 3.63) is 28.8 Å². The molecule has 22 heavy (non-hydrogen) atoms. The second kappa shape index (κ2) is 6.80. The quantitative estimate of drug-likeness (QED) is 0.751. The highest BCUT2D eigenvalue weighted by atomic mass is 35.5. The fraction of sp³-hybridized carbons (Fsp3) is 0.684. The number of hydrogen-bond acceptors (Lipinski definition) is 2. The standard InChI is InChI=1S/C19H28ClNO/c1-21(2)13-7-8-17-16-14-15(20)9-10-18(16)22-19(17)11-5-3-4-6-12-19/h9-10,14,17H,3-8,11-13H2,1-2H3. The molecular formula is C19H28ClNO. The van der Waals surface area contributed by atoms with Crippen LogP contribution in [0.25, 0.3) is 0 Å². The Morgan fingerprint density at radius 1 is 1.18 bits per heavy atom. The van der Waals surface area contributed by atoms with E-state index in [0.717, 1.165) is 17.3 Å². The number of benzene rings is 1. The predicted molar refractivity (Wildman–Crippen MR) is 93.0 cm³/mol. The first-order chi connectivity index (χ1) is 10.6. The van der Waals surface area contributed by atoms with Gasteiger partial charge in [-0.3, -0.25) is 0 Å². The van der Waals surface area contributed by atoms with Crippen molar-refractivity contribution in [3.8, 4) is 5.75 Å². The Bertz CT molecular complexity index is 506. The highest BCUT2D eigenvalue weighted by molar-refractivity contribution is 6.30. The van der Waals surface area contributed by atoms with Crippen LogP contribution >= 0.6 is 11.6 Å². The summed E-state index contributed by atoms with van der Waals surface area (Å²) in [4.78, 5) is 2.27. The van der Waals surface area contributed by atoms with Crippen molar-refractivity contribution in [2.75, 3.05) is 20.6 Å². The molecule has 2 nitrogen and oxygen atoms in total. The highest BCUT2D eigenvalue weighted by Gasteiger charge is 2.47. The van der Waals surface area contributed by atoms with E-state index in [0.29, 0.717) is 5.92 Å². The topological polar surface area (TPSA) is 12.5 Å². The van der Waals surface area contributed by atoms with Crippen LogP contribution in [0, 0.1) is 0 Å². The molecule has 1 unspecified atom stereocenters. The Hall–Kier alpha value is -0.730. The third-order valence-electron chi connectivity index (χ3n) is 5.34. The molecule has 1 aromatic rings. The van der Waals surface area contributed by atoms with Crippen molar-refractivity contribution >= 4 is 11.6 Å². The first-order valence-electron chi connectivity index (χ1n) is 8.74. The van der Waals surface area contributed by atoms with Gasteiger partial charge in [-0.05, 0) is 77.4 Å². The van der Waals surface area contributed by atoms with E-state index in [2.05, 4.69) is 31.1 Å². The number of halogens is 1. The molecule has 1 atom stereocenters. The lowest BCUT2D eigenvalue weighted by Crippen LogP contribution is -2.37. The molecule has 0 aromatic heterocycles. The summed E-state index contributed by atoms with van der Waals surface area (Å²) in [6.07, 6.45) is 10.1. The third-order valence-corrected chi connectivity index (χ3v) is 5.58. The number of fused-ring (bicyclic) bond motifs is 1. The van der Waals surface area contributed by atoms with Crippen LogP contribution in [0.15, 0.2) is 18.2 Å². The smallest absolute Gasteiger partial charge is 0.123 e. The van der Waals surface area contributed by atoms with Crippen molar-refractivity contribution in [1.82, 2.24) is 4.90 Å². The summed E-state index contributed by atoms with van der Waals surface area (Å²) in [7, 11) is 4.30. The molecule has 0 bridgehead atoms. The van der Waals surface area contributed by atoms with Crippen molar-refractivity contribution < 1.29 is 4.74 Å². The van der Waals surface area contributed by atoms with Gasteiger partial charge in [0.25, 0.3) is 0 Å². The van der Waals surface area contributed by atoms with E-state index >= 15 is 0 Å². The van der Waals surface area contributed by atoms with Crippen molar-refractivity contribution in [1.29, 1.82) is 0 Å². The Morgan fingerprint density at radius 3 is 2.59 bits per heavy atom. The number of hydrogen-bond donors (Lipinski definition) is 0. The maximum atomic E-state index is 6.57. The Morgan fingerprint density at radius 2 is 1.91 bits per heavy atom.